The van der Waals surface area contributed by atoms with Crippen LogP contribution >= 0.6 is 23.4 Å². The van der Waals surface area contributed by atoms with Gasteiger partial charge in [0.25, 0.3) is 0 Å². The standard InChI is InChI=1S/C24H19ClN6S/c1-2-30-24(26-28-29-30)18-10-8-17(9-11-18)23-22(32-21-14-12-19(25)13-15-21)16-31(27-23)20-6-4-3-5-7-20/h3-16H,2H2,1H3. The summed E-state index contributed by atoms with van der Waals surface area (Å²) >= 11 is 7.73. The van der Waals surface area contributed by atoms with Crippen LogP contribution in [-0.4, -0.2) is 30.0 Å². The van der Waals surface area contributed by atoms with Crippen molar-refractivity contribution in [3.63, 3.8) is 0 Å². The van der Waals surface area contributed by atoms with E-state index in [2.05, 4.69) is 33.9 Å². The summed E-state index contributed by atoms with van der Waals surface area (Å²) in [5.74, 6) is 0.754. The molecule has 0 bridgehead atoms. The summed E-state index contributed by atoms with van der Waals surface area (Å²) in [6, 6.07) is 26.1. The van der Waals surface area contributed by atoms with Gasteiger partial charge in [-0.2, -0.15) is 5.10 Å². The summed E-state index contributed by atoms with van der Waals surface area (Å²) < 4.78 is 3.69. The van der Waals surface area contributed by atoms with Crippen LogP contribution in [0.2, 0.25) is 5.02 Å². The van der Waals surface area contributed by atoms with E-state index < -0.39 is 0 Å². The number of nitrogens with zero attached hydrogens (tertiary/aromatic N) is 6. The number of aryl methyl sites for hydroxylation is 1. The zero-order valence-electron chi connectivity index (χ0n) is 17.3. The van der Waals surface area contributed by atoms with Crippen molar-refractivity contribution in [3.05, 3.63) is 90.1 Å². The Kier molecular flexibility index (Phi) is 5.75. The minimum atomic E-state index is 0.716. The molecule has 0 N–H and O–H groups in total. The maximum Gasteiger partial charge on any atom is 0.181 e. The molecule has 0 spiro atoms. The Morgan fingerprint density at radius 3 is 2.31 bits per heavy atom. The summed E-state index contributed by atoms with van der Waals surface area (Å²) in [6.07, 6.45) is 2.06. The fraction of sp³-hybridized carbons (Fsp3) is 0.0833. The number of para-hydroxylation sites is 1. The van der Waals surface area contributed by atoms with Crippen LogP contribution in [0.3, 0.4) is 0 Å². The van der Waals surface area contributed by atoms with Gasteiger partial charge in [-0.25, -0.2) is 9.36 Å². The summed E-state index contributed by atoms with van der Waals surface area (Å²) in [5.41, 5.74) is 3.91. The lowest BCUT2D eigenvalue weighted by molar-refractivity contribution is 0.631. The predicted octanol–water partition coefficient (Wildman–Crippen LogP) is 6.02. The Hall–Kier alpha value is -3.42. The van der Waals surface area contributed by atoms with Crippen LogP contribution in [0.4, 0.5) is 0 Å². The fourth-order valence-corrected chi connectivity index (χ4v) is 4.44. The molecule has 0 saturated heterocycles. The molecule has 0 atom stereocenters. The van der Waals surface area contributed by atoms with Gasteiger partial charge in [-0.15, -0.1) is 5.10 Å². The zero-order valence-corrected chi connectivity index (χ0v) is 18.8. The minimum absolute atomic E-state index is 0.716. The quantitative estimate of drug-likeness (QED) is 0.311. The lowest BCUT2D eigenvalue weighted by Gasteiger charge is -2.05. The van der Waals surface area contributed by atoms with Gasteiger partial charge in [-0.3, -0.25) is 0 Å². The Labute approximate surface area is 194 Å². The van der Waals surface area contributed by atoms with Gasteiger partial charge in [0.1, 0.15) is 5.69 Å². The summed E-state index contributed by atoms with van der Waals surface area (Å²) in [5, 5.41) is 17.6. The van der Waals surface area contributed by atoms with Crippen molar-refractivity contribution in [2.45, 2.75) is 23.3 Å². The number of halogens is 1. The van der Waals surface area contributed by atoms with E-state index in [9.17, 15) is 0 Å². The topological polar surface area (TPSA) is 61.4 Å². The fourth-order valence-electron chi connectivity index (χ4n) is 3.38. The van der Waals surface area contributed by atoms with Crippen LogP contribution in [0.5, 0.6) is 0 Å². The molecule has 0 saturated carbocycles. The van der Waals surface area contributed by atoms with Crippen LogP contribution < -0.4 is 0 Å². The predicted molar refractivity (Wildman–Crippen MR) is 127 cm³/mol. The number of aromatic nitrogens is 6. The number of hydrogen-bond acceptors (Lipinski definition) is 5. The number of tetrazole rings is 1. The largest absolute Gasteiger partial charge is 0.239 e. The van der Waals surface area contributed by atoms with Crippen LogP contribution in [0, 0.1) is 0 Å². The molecule has 5 rings (SSSR count). The highest BCUT2D eigenvalue weighted by atomic mass is 35.5. The van der Waals surface area contributed by atoms with Gasteiger partial charge in [-0.05, 0) is 53.7 Å². The zero-order chi connectivity index (χ0) is 21.9. The number of benzene rings is 3. The molecule has 6 nitrogen and oxygen atoms in total. The van der Waals surface area contributed by atoms with E-state index in [1.807, 2.05) is 78.3 Å². The first kappa shape index (κ1) is 20.5. The van der Waals surface area contributed by atoms with E-state index in [1.165, 1.54) is 0 Å². The van der Waals surface area contributed by atoms with E-state index in [0.29, 0.717) is 6.54 Å². The van der Waals surface area contributed by atoms with Gasteiger partial charge in [-0.1, -0.05) is 65.8 Å². The second-order valence-corrected chi connectivity index (χ2v) is 8.63. The second kappa shape index (κ2) is 8.98. The van der Waals surface area contributed by atoms with Crippen molar-refractivity contribution in [3.8, 4) is 28.3 Å². The second-order valence-electron chi connectivity index (χ2n) is 7.07. The molecule has 3 aromatic carbocycles. The molecule has 32 heavy (non-hydrogen) atoms. The maximum atomic E-state index is 6.06. The Morgan fingerprint density at radius 2 is 1.59 bits per heavy atom. The molecular formula is C24H19ClN6S. The highest BCUT2D eigenvalue weighted by Crippen LogP contribution is 2.37. The third-order valence-corrected chi connectivity index (χ3v) is 6.27. The van der Waals surface area contributed by atoms with E-state index in [4.69, 9.17) is 16.7 Å². The molecule has 0 aliphatic rings. The molecule has 8 heteroatoms. The van der Waals surface area contributed by atoms with E-state index in [1.54, 1.807) is 16.4 Å². The SMILES string of the molecule is CCn1nnnc1-c1ccc(-c2nn(-c3ccccc3)cc2Sc2ccc(Cl)cc2)cc1. The molecule has 0 radical (unpaired) electrons. The van der Waals surface area contributed by atoms with Crippen LogP contribution in [0.1, 0.15) is 6.92 Å². The highest BCUT2D eigenvalue weighted by Gasteiger charge is 2.15. The van der Waals surface area contributed by atoms with Crippen LogP contribution in [0.15, 0.2) is 94.9 Å². The summed E-state index contributed by atoms with van der Waals surface area (Å²) in [6.45, 7) is 2.73. The smallest absolute Gasteiger partial charge is 0.181 e. The van der Waals surface area contributed by atoms with Crippen LogP contribution in [0.25, 0.3) is 28.3 Å². The first-order valence-electron chi connectivity index (χ1n) is 10.2. The van der Waals surface area contributed by atoms with Crippen molar-refractivity contribution >= 4 is 23.4 Å². The average Bonchev–Trinajstić information content (AvgIpc) is 3.48. The van der Waals surface area contributed by atoms with E-state index in [0.717, 1.165) is 43.1 Å². The molecule has 2 heterocycles. The van der Waals surface area contributed by atoms with E-state index in [-0.39, 0.29) is 0 Å². The molecular weight excluding hydrogens is 440 g/mol. The lowest BCUT2D eigenvalue weighted by atomic mass is 10.1. The monoisotopic (exact) mass is 458 g/mol. The summed E-state index contributed by atoms with van der Waals surface area (Å²) in [7, 11) is 0. The van der Waals surface area contributed by atoms with E-state index >= 15 is 0 Å². The highest BCUT2D eigenvalue weighted by molar-refractivity contribution is 7.99. The Balaban J connectivity index is 1.54. The summed E-state index contributed by atoms with van der Waals surface area (Å²) in [4.78, 5) is 2.16. The normalized spacial score (nSPS) is 11.1. The average molecular weight is 459 g/mol. The van der Waals surface area contributed by atoms with Crippen LogP contribution in [-0.2, 0) is 6.54 Å². The van der Waals surface area contributed by atoms with Crippen molar-refractivity contribution in [1.29, 1.82) is 0 Å². The molecule has 2 aromatic heterocycles. The van der Waals surface area contributed by atoms with Gasteiger partial charge in [0.15, 0.2) is 5.82 Å². The van der Waals surface area contributed by atoms with Crippen molar-refractivity contribution < 1.29 is 0 Å². The van der Waals surface area contributed by atoms with Gasteiger partial charge in [0.2, 0.25) is 0 Å². The molecule has 0 fully saturated rings. The van der Waals surface area contributed by atoms with Gasteiger partial charge >= 0.3 is 0 Å². The van der Waals surface area contributed by atoms with Gasteiger partial charge in [0.05, 0.1) is 10.6 Å². The van der Waals surface area contributed by atoms with Crippen molar-refractivity contribution in [1.82, 2.24) is 30.0 Å². The molecule has 0 unspecified atom stereocenters. The molecule has 0 aliphatic heterocycles. The first-order valence-corrected chi connectivity index (χ1v) is 11.4. The number of rotatable bonds is 6. The maximum absolute atomic E-state index is 6.06. The third-order valence-electron chi connectivity index (χ3n) is 4.99. The van der Waals surface area contributed by atoms with Crippen molar-refractivity contribution in [2.75, 3.05) is 0 Å². The molecule has 0 aliphatic carbocycles. The Bertz CT molecular complexity index is 1330. The number of hydrogen-bond donors (Lipinski definition) is 0. The Morgan fingerprint density at radius 1 is 0.875 bits per heavy atom. The van der Waals surface area contributed by atoms with Crippen molar-refractivity contribution in [2.24, 2.45) is 0 Å². The minimum Gasteiger partial charge on any atom is -0.239 e. The van der Waals surface area contributed by atoms with Gasteiger partial charge < -0.3 is 0 Å². The molecule has 5 aromatic rings. The van der Waals surface area contributed by atoms with Gasteiger partial charge in [0, 0.05) is 33.8 Å². The first-order chi connectivity index (χ1) is 15.7. The lowest BCUT2D eigenvalue weighted by Crippen LogP contribution is -1.99. The third kappa shape index (κ3) is 4.17. The molecule has 0 amide bonds. The molecule has 158 valence electrons.